The molecule has 0 bridgehead atoms. The van der Waals surface area contributed by atoms with Crippen LogP contribution in [0.25, 0.3) is 11.6 Å². The van der Waals surface area contributed by atoms with Gasteiger partial charge >= 0.3 is 0 Å². The van der Waals surface area contributed by atoms with Crippen LogP contribution in [0.5, 0.6) is 0 Å². The van der Waals surface area contributed by atoms with E-state index >= 15 is 0 Å². The van der Waals surface area contributed by atoms with Gasteiger partial charge in [-0.1, -0.05) is 52.8 Å². The third kappa shape index (κ3) is 3.93. The summed E-state index contributed by atoms with van der Waals surface area (Å²) in [5.41, 5.74) is 4.23. The summed E-state index contributed by atoms with van der Waals surface area (Å²) in [4.78, 5) is 3.23. The number of hydrogen-bond acceptors (Lipinski definition) is 3. The Morgan fingerprint density at radius 1 is 1.07 bits per heavy atom. The van der Waals surface area contributed by atoms with Crippen LogP contribution in [0.1, 0.15) is 75.3 Å². The maximum absolute atomic E-state index is 12.0. The molecule has 146 valence electrons. The molecule has 0 N–H and O–H groups in total. The van der Waals surface area contributed by atoms with Crippen molar-refractivity contribution in [1.82, 2.24) is 0 Å². The number of allylic oxidation sites excluding steroid dienone is 1. The Bertz CT molecular complexity index is 938. The van der Waals surface area contributed by atoms with E-state index in [1.54, 1.807) is 19.1 Å². The smallest absolute Gasteiger partial charge is 0.178 e. The van der Waals surface area contributed by atoms with E-state index in [9.17, 15) is 8.42 Å². The minimum absolute atomic E-state index is 0.132. The summed E-state index contributed by atoms with van der Waals surface area (Å²) in [7, 11) is -3.14. The fourth-order valence-electron chi connectivity index (χ4n) is 3.72. The SMILES string of the molecule is CCS(=O)(=O)c1ccc(C=C(C)c2cc3c(s2)C(C)(C)CCC3(C)C)cc1. The van der Waals surface area contributed by atoms with Gasteiger partial charge in [-0.3, -0.25) is 0 Å². The van der Waals surface area contributed by atoms with Crippen LogP contribution in [0.2, 0.25) is 0 Å². The van der Waals surface area contributed by atoms with Gasteiger partial charge in [0.1, 0.15) is 0 Å². The highest BCUT2D eigenvalue weighted by Gasteiger charge is 2.38. The van der Waals surface area contributed by atoms with Crippen molar-refractivity contribution < 1.29 is 8.42 Å². The molecule has 2 aromatic rings. The second-order valence-corrected chi connectivity index (χ2v) is 12.3. The van der Waals surface area contributed by atoms with Gasteiger partial charge in [0.05, 0.1) is 10.6 Å². The monoisotopic (exact) mass is 402 g/mol. The highest BCUT2D eigenvalue weighted by atomic mass is 32.2. The van der Waals surface area contributed by atoms with Gasteiger partial charge in [0.15, 0.2) is 9.84 Å². The molecule has 27 heavy (non-hydrogen) atoms. The standard InChI is InChI=1S/C23H30O2S2/c1-7-27(24,25)18-10-8-17(9-11-18)14-16(2)20-15-19-21(26-20)23(5,6)13-12-22(19,3)4/h8-11,14-15H,7,12-13H2,1-6H3. The van der Waals surface area contributed by atoms with Crippen LogP contribution in [0, 0.1) is 0 Å². The predicted octanol–water partition coefficient (Wildman–Crippen LogP) is 6.45. The maximum atomic E-state index is 12.0. The molecule has 1 aliphatic rings. The lowest BCUT2D eigenvalue weighted by atomic mass is 9.67. The van der Waals surface area contributed by atoms with Crippen molar-refractivity contribution >= 4 is 32.8 Å². The Balaban J connectivity index is 1.95. The van der Waals surface area contributed by atoms with E-state index in [0.717, 1.165) is 5.56 Å². The molecule has 4 heteroatoms. The van der Waals surface area contributed by atoms with Crippen molar-refractivity contribution in [2.45, 2.75) is 70.1 Å². The zero-order valence-corrected chi connectivity index (χ0v) is 18.9. The first-order valence-corrected chi connectivity index (χ1v) is 12.1. The number of rotatable bonds is 4. The molecule has 3 rings (SSSR count). The Labute approximate surface area is 168 Å². The van der Waals surface area contributed by atoms with E-state index in [0.29, 0.717) is 4.90 Å². The molecule has 0 saturated heterocycles. The molecular formula is C23H30O2S2. The lowest BCUT2D eigenvalue weighted by Gasteiger charge is -2.39. The molecule has 0 amide bonds. The zero-order valence-electron chi connectivity index (χ0n) is 17.2. The summed E-state index contributed by atoms with van der Waals surface area (Å²) in [6, 6.07) is 9.59. The summed E-state index contributed by atoms with van der Waals surface area (Å²) in [5.74, 6) is 0.132. The van der Waals surface area contributed by atoms with E-state index < -0.39 is 9.84 Å². The maximum Gasteiger partial charge on any atom is 0.178 e. The summed E-state index contributed by atoms with van der Waals surface area (Å²) >= 11 is 1.92. The molecule has 1 aromatic heterocycles. The van der Waals surface area contributed by atoms with Gasteiger partial charge in [-0.2, -0.15) is 0 Å². The summed E-state index contributed by atoms with van der Waals surface area (Å²) < 4.78 is 24.0. The van der Waals surface area contributed by atoms with E-state index in [-0.39, 0.29) is 16.6 Å². The van der Waals surface area contributed by atoms with Gasteiger partial charge in [0.25, 0.3) is 0 Å². The molecule has 0 radical (unpaired) electrons. The third-order valence-corrected chi connectivity index (χ3v) is 9.23. The van der Waals surface area contributed by atoms with E-state index in [2.05, 4.69) is 46.8 Å². The van der Waals surface area contributed by atoms with Crippen molar-refractivity contribution in [2.24, 2.45) is 0 Å². The molecule has 1 aromatic carbocycles. The van der Waals surface area contributed by atoms with Crippen molar-refractivity contribution in [3.05, 3.63) is 51.2 Å². The van der Waals surface area contributed by atoms with Gasteiger partial charge in [-0.05, 0) is 65.5 Å². The Kier molecular flexibility index (Phi) is 5.19. The normalized spacial score (nSPS) is 19.0. The molecule has 0 saturated carbocycles. The first-order valence-electron chi connectivity index (χ1n) is 9.62. The van der Waals surface area contributed by atoms with Crippen LogP contribution in [-0.4, -0.2) is 14.2 Å². The van der Waals surface area contributed by atoms with E-state index in [1.807, 2.05) is 23.5 Å². The molecule has 2 nitrogen and oxygen atoms in total. The fraction of sp³-hybridized carbons (Fsp3) is 0.478. The van der Waals surface area contributed by atoms with Crippen molar-refractivity contribution in [3.63, 3.8) is 0 Å². The van der Waals surface area contributed by atoms with Crippen LogP contribution < -0.4 is 0 Å². The van der Waals surface area contributed by atoms with Gasteiger partial charge < -0.3 is 0 Å². The minimum atomic E-state index is -3.14. The quantitative estimate of drug-likeness (QED) is 0.589. The highest BCUT2D eigenvalue weighted by Crippen LogP contribution is 2.50. The van der Waals surface area contributed by atoms with Crippen molar-refractivity contribution in [2.75, 3.05) is 5.75 Å². The van der Waals surface area contributed by atoms with Crippen LogP contribution >= 0.6 is 11.3 Å². The second-order valence-electron chi connectivity index (χ2n) is 8.92. The Morgan fingerprint density at radius 2 is 1.67 bits per heavy atom. The van der Waals surface area contributed by atoms with Gasteiger partial charge in [-0.25, -0.2) is 8.42 Å². The number of thiophene rings is 1. The molecule has 1 heterocycles. The van der Waals surface area contributed by atoms with Crippen LogP contribution in [0.3, 0.4) is 0 Å². The topological polar surface area (TPSA) is 34.1 Å². The van der Waals surface area contributed by atoms with Gasteiger partial charge in [0, 0.05) is 9.75 Å². The summed E-state index contributed by atoms with van der Waals surface area (Å²) in [6.45, 7) is 13.2. The Hall–Kier alpha value is -1.39. The molecule has 1 aliphatic carbocycles. The number of benzene rings is 1. The molecule has 0 fully saturated rings. The largest absolute Gasteiger partial charge is 0.224 e. The molecule has 0 spiro atoms. The number of sulfone groups is 1. The van der Waals surface area contributed by atoms with Crippen LogP contribution in [-0.2, 0) is 20.7 Å². The van der Waals surface area contributed by atoms with Crippen molar-refractivity contribution in [1.29, 1.82) is 0 Å². The van der Waals surface area contributed by atoms with E-state index in [4.69, 9.17) is 0 Å². The van der Waals surface area contributed by atoms with Gasteiger partial charge in [0.2, 0.25) is 0 Å². The lowest BCUT2D eigenvalue weighted by Crippen LogP contribution is -2.31. The molecule has 0 aliphatic heterocycles. The highest BCUT2D eigenvalue weighted by molar-refractivity contribution is 7.91. The van der Waals surface area contributed by atoms with E-state index in [1.165, 1.54) is 33.7 Å². The fourth-order valence-corrected chi connectivity index (χ4v) is 6.05. The van der Waals surface area contributed by atoms with Crippen molar-refractivity contribution in [3.8, 4) is 0 Å². The first-order chi connectivity index (χ1) is 12.5. The van der Waals surface area contributed by atoms with Crippen LogP contribution in [0.4, 0.5) is 0 Å². The number of hydrogen-bond donors (Lipinski definition) is 0. The second kappa shape index (κ2) is 6.89. The first kappa shape index (κ1) is 20.3. The lowest BCUT2D eigenvalue weighted by molar-refractivity contribution is 0.339. The predicted molar refractivity (Wildman–Crippen MR) is 117 cm³/mol. The summed E-state index contributed by atoms with van der Waals surface area (Å²) in [5, 5.41) is 0. The minimum Gasteiger partial charge on any atom is -0.224 e. The van der Waals surface area contributed by atoms with Gasteiger partial charge in [-0.15, -0.1) is 11.3 Å². The molecule has 0 unspecified atom stereocenters. The number of fused-ring (bicyclic) bond motifs is 1. The zero-order chi connectivity index (χ0) is 20.0. The molecular weight excluding hydrogens is 372 g/mol. The third-order valence-electron chi connectivity index (χ3n) is 5.84. The average Bonchev–Trinajstić information content (AvgIpc) is 3.08. The van der Waals surface area contributed by atoms with Crippen LogP contribution in [0.15, 0.2) is 35.2 Å². The average molecular weight is 403 g/mol. The summed E-state index contributed by atoms with van der Waals surface area (Å²) in [6.07, 6.45) is 4.60. The Morgan fingerprint density at radius 3 is 2.22 bits per heavy atom. The molecule has 0 atom stereocenters.